The van der Waals surface area contributed by atoms with Crippen molar-refractivity contribution in [2.24, 2.45) is 0 Å². The molecule has 0 amide bonds. The van der Waals surface area contributed by atoms with E-state index < -0.39 is 0 Å². The second-order valence-corrected chi connectivity index (χ2v) is 3.22. The van der Waals surface area contributed by atoms with Crippen molar-refractivity contribution in [3.63, 3.8) is 0 Å². The summed E-state index contributed by atoms with van der Waals surface area (Å²) in [5, 5.41) is 1.88. The average molecular weight is 290 g/mol. The van der Waals surface area contributed by atoms with Gasteiger partial charge in [0.05, 0.1) is 0 Å². The largest absolute Gasteiger partial charge is 0.295 e. The van der Waals surface area contributed by atoms with Crippen LogP contribution in [0.3, 0.4) is 0 Å². The first-order chi connectivity index (χ1) is 3.72. The second-order valence-electron chi connectivity index (χ2n) is 1.40. The molecular weight excluding hydrogens is 285 g/mol. The van der Waals surface area contributed by atoms with Crippen molar-refractivity contribution >= 4 is 38.5 Å². The summed E-state index contributed by atoms with van der Waals surface area (Å²) in [5.41, 5.74) is 5.76. The highest BCUT2D eigenvalue weighted by Crippen LogP contribution is 2.20. The van der Waals surface area contributed by atoms with E-state index in [1.807, 2.05) is 12.1 Å². The molecule has 0 saturated carbocycles. The summed E-state index contributed by atoms with van der Waals surface area (Å²) in [6.45, 7) is 0. The minimum absolute atomic E-state index is 0.987. The standard InChI is InChI=1S/C3H5BrIN3/c1-8-3(5)2(4)6-7-8/h6-7H,1H3. The molecule has 46 valence electrons. The van der Waals surface area contributed by atoms with Gasteiger partial charge in [-0.1, -0.05) is 0 Å². The Kier molecular flexibility index (Phi) is 1.99. The normalized spacial score (nSPS) is 19.6. The summed E-state index contributed by atoms with van der Waals surface area (Å²) in [6, 6.07) is 0. The Morgan fingerprint density at radius 3 is 2.50 bits per heavy atom. The number of rotatable bonds is 0. The van der Waals surface area contributed by atoms with E-state index in [1.165, 1.54) is 0 Å². The van der Waals surface area contributed by atoms with Crippen LogP contribution in [-0.2, 0) is 0 Å². The minimum atomic E-state index is 0.987. The Hall–Kier alpha value is 0.510. The van der Waals surface area contributed by atoms with Crippen LogP contribution >= 0.6 is 38.5 Å². The highest BCUT2D eigenvalue weighted by molar-refractivity contribution is 14.1. The monoisotopic (exact) mass is 289 g/mol. The molecule has 2 N–H and O–H groups in total. The molecule has 0 aliphatic carbocycles. The maximum Gasteiger partial charge on any atom is 0.125 e. The molecule has 0 aromatic rings. The lowest BCUT2D eigenvalue weighted by Crippen LogP contribution is -2.33. The molecule has 8 heavy (non-hydrogen) atoms. The summed E-state index contributed by atoms with van der Waals surface area (Å²) in [6.07, 6.45) is 0. The Morgan fingerprint density at radius 1 is 1.75 bits per heavy atom. The number of hydrazine groups is 2. The molecule has 3 nitrogen and oxygen atoms in total. The summed E-state index contributed by atoms with van der Waals surface area (Å²) in [7, 11) is 1.93. The molecule has 1 heterocycles. The van der Waals surface area contributed by atoms with E-state index in [1.54, 1.807) is 0 Å². The molecule has 0 saturated heterocycles. The van der Waals surface area contributed by atoms with Crippen LogP contribution in [0, 0.1) is 0 Å². The fraction of sp³-hybridized carbons (Fsp3) is 0.333. The van der Waals surface area contributed by atoms with Gasteiger partial charge in [-0.05, 0) is 38.5 Å². The van der Waals surface area contributed by atoms with Gasteiger partial charge in [0.2, 0.25) is 0 Å². The van der Waals surface area contributed by atoms with Crippen LogP contribution in [0.2, 0.25) is 0 Å². The zero-order valence-electron chi connectivity index (χ0n) is 4.20. The number of nitrogens with zero attached hydrogens (tertiary/aromatic N) is 1. The van der Waals surface area contributed by atoms with Gasteiger partial charge in [-0.25, -0.2) is 0 Å². The summed E-state index contributed by atoms with van der Waals surface area (Å²) in [4.78, 5) is 0. The Bertz CT molecular complexity index is 134. The Morgan fingerprint density at radius 2 is 2.38 bits per heavy atom. The van der Waals surface area contributed by atoms with Crippen molar-refractivity contribution in [1.82, 2.24) is 16.0 Å². The van der Waals surface area contributed by atoms with Crippen LogP contribution in [0.15, 0.2) is 8.31 Å². The van der Waals surface area contributed by atoms with Crippen LogP contribution < -0.4 is 11.0 Å². The SMILES string of the molecule is CN1NNC(Br)=C1I. The van der Waals surface area contributed by atoms with E-state index in [2.05, 4.69) is 49.5 Å². The molecule has 0 spiro atoms. The van der Waals surface area contributed by atoms with E-state index in [0.717, 1.165) is 8.31 Å². The fourth-order valence-electron chi connectivity index (χ4n) is 0.381. The summed E-state index contributed by atoms with van der Waals surface area (Å²) in [5.74, 6) is 0. The first-order valence-corrected chi connectivity index (χ1v) is 3.89. The first-order valence-electron chi connectivity index (χ1n) is 2.02. The van der Waals surface area contributed by atoms with Crippen molar-refractivity contribution in [3.8, 4) is 0 Å². The molecule has 1 aliphatic heterocycles. The van der Waals surface area contributed by atoms with Crippen LogP contribution in [0.5, 0.6) is 0 Å². The molecule has 0 unspecified atom stereocenters. The lowest BCUT2D eigenvalue weighted by molar-refractivity contribution is 0.326. The number of halogens is 2. The topological polar surface area (TPSA) is 27.3 Å². The molecule has 1 rings (SSSR count). The number of hydrogen-bond donors (Lipinski definition) is 2. The molecule has 0 fully saturated rings. The van der Waals surface area contributed by atoms with Gasteiger partial charge in [0.1, 0.15) is 8.31 Å². The number of nitrogens with one attached hydrogen (secondary N) is 2. The molecule has 0 aromatic carbocycles. The quantitative estimate of drug-likeness (QED) is 0.512. The van der Waals surface area contributed by atoms with Gasteiger partial charge in [-0.3, -0.25) is 10.4 Å². The summed E-state index contributed by atoms with van der Waals surface area (Å²) < 4.78 is 2.11. The predicted octanol–water partition coefficient (Wildman–Crippen LogP) is 0.897. The van der Waals surface area contributed by atoms with Crippen molar-refractivity contribution in [3.05, 3.63) is 8.31 Å². The molecule has 0 radical (unpaired) electrons. The third-order valence-corrected chi connectivity index (χ3v) is 3.39. The Labute approximate surface area is 69.7 Å². The van der Waals surface area contributed by atoms with Gasteiger partial charge in [-0.15, -0.1) is 5.53 Å². The molecule has 1 aliphatic rings. The molecule has 5 heteroatoms. The smallest absolute Gasteiger partial charge is 0.125 e. The van der Waals surface area contributed by atoms with Gasteiger partial charge in [0, 0.05) is 7.05 Å². The van der Waals surface area contributed by atoms with Gasteiger partial charge in [0.15, 0.2) is 0 Å². The summed E-state index contributed by atoms with van der Waals surface area (Å²) >= 11 is 5.52. The first kappa shape index (κ1) is 6.63. The lowest BCUT2D eigenvalue weighted by Gasteiger charge is -2.08. The molecule has 0 aromatic heterocycles. The van der Waals surface area contributed by atoms with Crippen molar-refractivity contribution < 1.29 is 0 Å². The fourth-order valence-corrected chi connectivity index (χ4v) is 0.991. The van der Waals surface area contributed by atoms with Crippen LogP contribution in [0.1, 0.15) is 0 Å². The van der Waals surface area contributed by atoms with E-state index in [4.69, 9.17) is 0 Å². The van der Waals surface area contributed by atoms with Crippen LogP contribution in [-0.4, -0.2) is 12.1 Å². The lowest BCUT2D eigenvalue weighted by atomic mass is 10.9. The molecule has 0 atom stereocenters. The van der Waals surface area contributed by atoms with Crippen LogP contribution in [0.25, 0.3) is 0 Å². The third kappa shape index (κ3) is 1.08. The minimum Gasteiger partial charge on any atom is -0.295 e. The van der Waals surface area contributed by atoms with Crippen LogP contribution in [0.4, 0.5) is 0 Å². The second kappa shape index (κ2) is 2.40. The van der Waals surface area contributed by atoms with E-state index in [0.29, 0.717) is 0 Å². The zero-order chi connectivity index (χ0) is 6.15. The highest BCUT2D eigenvalue weighted by Gasteiger charge is 2.11. The van der Waals surface area contributed by atoms with E-state index in [-0.39, 0.29) is 0 Å². The predicted molar refractivity (Wildman–Crippen MR) is 44.0 cm³/mol. The Balaban J connectivity index is 2.71. The van der Waals surface area contributed by atoms with Gasteiger partial charge in [0.25, 0.3) is 0 Å². The molecular formula is C3H5BrIN3. The van der Waals surface area contributed by atoms with Gasteiger partial charge >= 0.3 is 0 Å². The van der Waals surface area contributed by atoms with Gasteiger partial charge < -0.3 is 0 Å². The average Bonchev–Trinajstić information content (AvgIpc) is 1.98. The maximum atomic E-state index is 3.30. The van der Waals surface area contributed by atoms with E-state index in [9.17, 15) is 0 Å². The van der Waals surface area contributed by atoms with Crippen molar-refractivity contribution in [1.29, 1.82) is 0 Å². The highest BCUT2D eigenvalue weighted by atomic mass is 127. The van der Waals surface area contributed by atoms with Crippen molar-refractivity contribution in [2.45, 2.75) is 0 Å². The van der Waals surface area contributed by atoms with Crippen molar-refractivity contribution in [2.75, 3.05) is 7.05 Å². The number of hydrogen-bond acceptors (Lipinski definition) is 3. The third-order valence-electron chi connectivity index (χ3n) is 0.809. The maximum absolute atomic E-state index is 3.30. The zero-order valence-corrected chi connectivity index (χ0v) is 7.95. The van der Waals surface area contributed by atoms with E-state index >= 15 is 0 Å². The molecule has 0 bridgehead atoms. The van der Waals surface area contributed by atoms with Gasteiger partial charge in [-0.2, -0.15) is 0 Å².